The molecule has 0 fully saturated rings. The number of aromatic amines is 1. The van der Waals surface area contributed by atoms with Gasteiger partial charge in [0.1, 0.15) is 0 Å². The maximum absolute atomic E-state index is 11.9. The maximum Gasteiger partial charge on any atom is 0.273 e. The van der Waals surface area contributed by atoms with Crippen LogP contribution in [-0.4, -0.2) is 20.8 Å². The van der Waals surface area contributed by atoms with E-state index >= 15 is 0 Å². The van der Waals surface area contributed by atoms with Crippen LogP contribution in [-0.2, 0) is 6.54 Å². The molecule has 0 saturated heterocycles. The molecule has 2 rings (SSSR count). The van der Waals surface area contributed by atoms with Crippen molar-refractivity contribution in [1.29, 1.82) is 0 Å². The van der Waals surface area contributed by atoms with Crippen LogP contribution in [0.25, 0.3) is 0 Å². The van der Waals surface area contributed by atoms with Crippen LogP contribution in [0.4, 0.5) is 5.69 Å². The Hall–Kier alpha value is -2.70. The summed E-state index contributed by atoms with van der Waals surface area (Å²) in [6.07, 6.45) is 3.11. The van der Waals surface area contributed by atoms with E-state index in [4.69, 9.17) is 0 Å². The van der Waals surface area contributed by atoms with Crippen molar-refractivity contribution in [2.75, 3.05) is 0 Å². The van der Waals surface area contributed by atoms with E-state index in [0.29, 0.717) is 12.1 Å². The average Bonchev–Trinajstić information content (AvgIpc) is 2.89. The normalized spacial score (nSPS) is 10.2. The van der Waals surface area contributed by atoms with Gasteiger partial charge in [0.15, 0.2) is 0 Å². The first-order chi connectivity index (χ1) is 9.08. The van der Waals surface area contributed by atoms with Crippen molar-refractivity contribution >= 4 is 11.6 Å². The molecule has 2 N–H and O–H groups in total. The van der Waals surface area contributed by atoms with E-state index in [1.807, 2.05) is 0 Å². The number of carbonyl (C=O) groups is 1. The Morgan fingerprint density at radius 2 is 2.32 bits per heavy atom. The summed E-state index contributed by atoms with van der Waals surface area (Å²) in [5.74, 6) is -0.363. The number of H-pyrrole nitrogens is 1. The minimum absolute atomic E-state index is 0.0609. The molecule has 1 aromatic carbocycles. The van der Waals surface area contributed by atoms with Crippen molar-refractivity contribution in [3.63, 3.8) is 0 Å². The third-order valence-electron chi connectivity index (χ3n) is 2.66. The third kappa shape index (κ3) is 2.95. The van der Waals surface area contributed by atoms with Crippen LogP contribution in [0.15, 0.2) is 30.7 Å². The maximum atomic E-state index is 11.9. The van der Waals surface area contributed by atoms with Gasteiger partial charge in [-0.25, -0.2) is 4.98 Å². The summed E-state index contributed by atoms with van der Waals surface area (Å²) in [4.78, 5) is 28.8. The Morgan fingerprint density at radius 3 is 2.95 bits per heavy atom. The monoisotopic (exact) mass is 260 g/mol. The summed E-state index contributed by atoms with van der Waals surface area (Å²) in [7, 11) is 0. The molecule has 1 heterocycles. The molecular formula is C12H12N4O3. The standard InChI is InChI=1S/C12H12N4O3/c1-8-2-3-9(4-11(8)16(18)19)12(17)14-6-10-5-13-7-15-10/h2-5,7H,6H2,1H3,(H,13,15)(H,14,17). The van der Waals surface area contributed by atoms with Gasteiger partial charge in [0, 0.05) is 23.4 Å². The van der Waals surface area contributed by atoms with Gasteiger partial charge in [-0.2, -0.15) is 0 Å². The first-order valence-corrected chi connectivity index (χ1v) is 5.58. The first-order valence-electron chi connectivity index (χ1n) is 5.58. The average molecular weight is 260 g/mol. The minimum atomic E-state index is -0.499. The van der Waals surface area contributed by atoms with E-state index < -0.39 is 4.92 Å². The number of nitrogens with zero attached hydrogens (tertiary/aromatic N) is 2. The summed E-state index contributed by atoms with van der Waals surface area (Å²) in [6.45, 7) is 1.92. The summed E-state index contributed by atoms with van der Waals surface area (Å²) >= 11 is 0. The number of hydrogen-bond donors (Lipinski definition) is 2. The van der Waals surface area contributed by atoms with E-state index in [-0.39, 0.29) is 17.2 Å². The van der Waals surface area contributed by atoms with Gasteiger partial charge >= 0.3 is 0 Å². The number of nitrogens with one attached hydrogen (secondary N) is 2. The number of benzene rings is 1. The predicted octanol–water partition coefficient (Wildman–Crippen LogP) is 1.56. The second kappa shape index (κ2) is 5.30. The fourth-order valence-corrected chi connectivity index (χ4v) is 1.61. The van der Waals surface area contributed by atoms with Crippen LogP contribution in [0.5, 0.6) is 0 Å². The number of imidazole rings is 1. The van der Waals surface area contributed by atoms with Crippen LogP contribution >= 0.6 is 0 Å². The molecular weight excluding hydrogens is 248 g/mol. The molecule has 7 heteroatoms. The van der Waals surface area contributed by atoms with E-state index in [1.165, 1.54) is 12.4 Å². The minimum Gasteiger partial charge on any atom is -0.347 e. The second-order valence-corrected chi connectivity index (χ2v) is 4.02. The molecule has 2 aromatic rings. The van der Waals surface area contributed by atoms with Gasteiger partial charge in [-0.15, -0.1) is 0 Å². The molecule has 0 saturated carbocycles. The Morgan fingerprint density at radius 1 is 1.53 bits per heavy atom. The fraction of sp³-hybridized carbons (Fsp3) is 0.167. The molecule has 0 bridgehead atoms. The summed E-state index contributed by atoms with van der Waals surface area (Å²) < 4.78 is 0. The highest BCUT2D eigenvalue weighted by Crippen LogP contribution is 2.19. The largest absolute Gasteiger partial charge is 0.347 e. The molecule has 1 amide bonds. The second-order valence-electron chi connectivity index (χ2n) is 4.02. The highest BCUT2D eigenvalue weighted by atomic mass is 16.6. The highest BCUT2D eigenvalue weighted by Gasteiger charge is 2.14. The van der Waals surface area contributed by atoms with Crippen LogP contribution in [0, 0.1) is 17.0 Å². The lowest BCUT2D eigenvalue weighted by molar-refractivity contribution is -0.385. The van der Waals surface area contributed by atoms with Gasteiger partial charge in [-0.1, -0.05) is 6.07 Å². The summed E-state index contributed by atoms with van der Waals surface area (Å²) in [6, 6.07) is 4.39. The lowest BCUT2D eigenvalue weighted by Gasteiger charge is -2.04. The molecule has 0 aliphatic carbocycles. The topological polar surface area (TPSA) is 101 Å². The SMILES string of the molecule is Cc1ccc(C(=O)NCc2cnc[nH]2)cc1[N+](=O)[O-]. The summed E-state index contributed by atoms with van der Waals surface area (Å²) in [5.41, 5.74) is 1.48. The van der Waals surface area contributed by atoms with Crippen molar-refractivity contribution in [1.82, 2.24) is 15.3 Å². The van der Waals surface area contributed by atoms with Gasteiger partial charge in [-0.3, -0.25) is 14.9 Å². The number of nitro benzene ring substituents is 1. The Bertz CT molecular complexity index is 607. The van der Waals surface area contributed by atoms with Crippen LogP contribution in [0.1, 0.15) is 21.6 Å². The Kier molecular flexibility index (Phi) is 3.56. The zero-order valence-electron chi connectivity index (χ0n) is 10.2. The number of aryl methyl sites for hydroxylation is 1. The Balaban J connectivity index is 2.11. The van der Waals surface area contributed by atoms with Crippen molar-refractivity contribution in [3.05, 3.63) is 57.7 Å². The van der Waals surface area contributed by atoms with E-state index in [2.05, 4.69) is 15.3 Å². The van der Waals surface area contributed by atoms with Gasteiger partial charge < -0.3 is 10.3 Å². The van der Waals surface area contributed by atoms with Gasteiger partial charge in [0.05, 0.1) is 23.5 Å². The van der Waals surface area contributed by atoms with Gasteiger partial charge in [-0.05, 0) is 13.0 Å². The summed E-state index contributed by atoms with van der Waals surface area (Å²) in [5, 5.41) is 13.5. The van der Waals surface area contributed by atoms with E-state index in [9.17, 15) is 14.9 Å². The van der Waals surface area contributed by atoms with Crippen molar-refractivity contribution in [2.45, 2.75) is 13.5 Å². The molecule has 0 spiro atoms. The molecule has 1 aromatic heterocycles. The van der Waals surface area contributed by atoms with Crippen LogP contribution in [0.2, 0.25) is 0 Å². The molecule has 7 nitrogen and oxygen atoms in total. The molecule has 0 unspecified atom stereocenters. The smallest absolute Gasteiger partial charge is 0.273 e. The lowest BCUT2D eigenvalue weighted by Crippen LogP contribution is -2.23. The third-order valence-corrected chi connectivity index (χ3v) is 2.66. The van der Waals surface area contributed by atoms with Crippen molar-refractivity contribution in [3.8, 4) is 0 Å². The predicted molar refractivity (Wildman–Crippen MR) is 67.6 cm³/mol. The number of amides is 1. The van der Waals surface area contributed by atoms with Crippen LogP contribution < -0.4 is 5.32 Å². The number of aromatic nitrogens is 2. The highest BCUT2D eigenvalue weighted by molar-refractivity contribution is 5.94. The zero-order valence-corrected chi connectivity index (χ0v) is 10.2. The van der Waals surface area contributed by atoms with Gasteiger partial charge in [0.25, 0.3) is 11.6 Å². The van der Waals surface area contributed by atoms with Gasteiger partial charge in [0.2, 0.25) is 0 Å². The quantitative estimate of drug-likeness (QED) is 0.643. The van der Waals surface area contributed by atoms with E-state index in [0.717, 1.165) is 5.69 Å². The lowest BCUT2D eigenvalue weighted by atomic mass is 10.1. The number of nitro groups is 1. The molecule has 0 aliphatic heterocycles. The van der Waals surface area contributed by atoms with Crippen molar-refractivity contribution < 1.29 is 9.72 Å². The number of hydrogen-bond acceptors (Lipinski definition) is 4. The molecule has 0 aliphatic rings. The molecule has 0 atom stereocenters. The fourth-order valence-electron chi connectivity index (χ4n) is 1.61. The Labute approximate surface area is 108 Å². The first kappa shape index (κ1) is 12.7. The van der Waals surface area contributed by atoms with Crippen LogP contribution in [0.3, 0.4) is 0 Å². The molecule has 0 radical (unpaired) electrons. The number of rotatable bonds is 4. The molecule has 98 valence electrons. The molecule has 19 heavy (non-hydrogen) atoms. The zero-order chi connectivity index (χ0) is 13.8. The van der Waals surface area contributed by atoms with E-state index in [1.54, 1.807) is 25.3 Å². The number of carbonyl (C=O) groups excluding carboxylic acids is 1. The van der Waals surface area contributed by atoms with Crippen molar-refractivity contribution in [2.24, 2.45) is 0 Å².